The van der Waals surface area contributed by atoms with Gasteiger partial charge in [-0.05, 0) is 65.4 Å². The molecule has 1 saturated carbocycles. The molecule has 0 radical (unpaired) electrons. The molecule has 3 heteroatoms. The average Bonchev–Trinajstić information content (AvgIpc) is 2.85. The molecular formula is C17H26BrNO. The van der Waals surface area contributed by atoms with E-state index in [9.17, 15) is 0 Å². The molecule has 2 rings (SSSR count). The molecule has 0 saturated heterocycles. The Hall–Kier alpha value is -0.540. The molecule has 0 aromatic heterocycles. The first kappa shape index (κ1) is 15.8. The molecule has 20 heavy (non-hydrogen) atoms. The van der Waals surface area contributed by atoms with Gasteiger partial charge in [0.2, 0.25) is 0 Å². The first-order chi connectivity index (χ1) is 9.67. The van der Waals surface area contributed by atoms with Crippen molar-refractivity contribution in [3.8, 4) is 5.75 Å². The highest BCUT2D eigenvalue weighted by atomic mass is 79.9. The first-order valence-corrected chi connectivity index (χ1v) is 8.56. The van der Waals surface area contributed by atoms with Crippen molar-refractivity contribution in [2.24, 2.45) is 11.8 Å². The van der Waals surface area contributed by atoms with Crippen LogP contribution in [0, 0.1) is 11.8 Å². The molecule has 1 aliphatic carbocycles. The largest absolute Gasteiger partial charge is 0.492 e. The number of ether oxygens (including phenoxy) is 1. The molecule has 2 nitrogen and oxygen atoms in total. The van der Waals surface area contributed by atoms with Crippen LogP contribution in [0.3, 0.4) is 0 Å². The summed E-state index contributed by atoms with van der Waals surface area (Å²) >= 11 is 3.65. The second-order valence-corrected chi connectivity index (χ2v) is 6.73. The van der Waals surface area contributed by atoms with Crippen LogP contribution >= 0.6 is 15.9 Å². The molecule has 0 heterocycles. The van der Waals surface area contributed by atoms with Gasteiger partial charge in [0.05, 0.1) is 11.1 Å². The quantitative estimate of drug-likeness (QED) is 0.792. The van der Waals surface area contributed by atoms with Crippen molar-refractivity contribution >= 4 is 15.9 Å². The van der Waals surface area contributed by atoms with Crippen LogP contribution < -0.4 is 10.1 Å². The normalized spacial score (nSPS) is 23.8. The second-order valence-electron chi connectivity index (χ2n) is 5.88. The number of hydrogen-bond donors (Lipinski definition) is 1. The highest BCUT2D eigenvalue weighted by molar-refractivity contribution is 9.10. The predicted molar refractivity (Wildman–Crippen MR) is 88.2 cm³/mol. The molecule has 1 aromatic rings. The highest BCUT2D eigenvalue weighted by Crippen LogP contribution is 2.41. The van der Waals surface area contributed by atoms with Gasteiger partial charge < -0.3 is 10.1 Å². The number of benzene rings is 1. The number of nitrogens with one attached hydrogen (secondary N) is 1. The van der Waals surface area contributed by atoms with E-state index in [1.165, 1.54) is 24.8 Å². The van der Waals surface area contributed by atoms with Crippen LogP contribution in [0.1, 0.15) is 51.1 Å². The zero-order valence-corrected chi connectivity index (χ0v) is 14.4. The Balaban J connectivity index is 2.16. The molecule has 3 unspecified atom stereocenters. The molecule has 0 bridgehead atoms. The van der Waals surface area contributed by atoms with Crippen LogP contribution in [-0.4, -0.2) is 13.7 Å². The molecule has 1 aliphatic rings. The van der Waals surface area contributed by atoms with E-state index in [1.54, 1.807) is 0 Å². The maximum atomic E-state index is 5.73. The van der Waals surface area contributed by atoms with Gasteiger partial charge in [-0.15, -0.1) is 0 Å². The Morgan fingerprint density at radius 2 is 2.20 bits per heavy atom. The van der Waals surface area contributed by atoms with E-state index in [0.717, 1.165) is 35.1 Å². The summed E-state index contributed by atoms with van der Waals surface area (Å²) in [5, 5.41) is 3.52. The molecular weight excluding hydrogens is 314 g/mol. The third-order valence-electron chi connectivity index (χ3n) is 4.44. The van der Waals surface area contributed by atoms with Gasteiger partial charge in [0.1, 0.15) is 5.75 Å². The minimum atomic E-state index is 0.448. The van der Waals surface area contributed by atoms with Crippen molar-refractivity contribution in [2.45, 2.75) is 45.6 Å². The standard InChI is InChI=1S/C17H26BrNO/c1-4-10-20-16-9-8-13(11-15(16)18)17(19-3)14-7-5-6-12(14)2/h8-9,11-12,14,17,19H,4-7,10H2,1-3H3. The molecule has 112 valence electrons. The van der Waals surface area contributed by atoms with Crippen molar-refractivity contribution in [2.75, 3.05) is 13.7 Å². The van der Waals surface area contributed by atoms with E-state index >= 15 is 0 Å². The van der Waals surface area contributed by atoms with E-state index in [1.807, 2.05) is 0 Å². The summed E-state index contributed by atoms with van der Waals surface area (Å²) in [5.41, 5.74) is 1.36. The first-order valence-electron chi connectivity index (χ1n) is 7.76. The summed E-state index contributed by atoms with van der Waals surface area (Å²) in [4.78, 5) is 0. The van der Waals surface area contributed by atoms with Gasteiger partial charge in [-0.25, -0.2) is 0 Å². The van der Waals surface area contributed by atoms with Gasteiger partial charge in [0.15, 0.2) is 0 Å². The lowest BCUT2D eigenvalue weighted by atomic mass is 9.86. The number of rotatable bonds is 6. The molecule has 0 aliphatic heterocycles. The van der Waals surface area contributed by atoms with Gasteiger partial charge in [-0.2, -0.15) is 0 Å². The SMILES string of the molecule is CCCOc1ccc(C(NC)C2CCCC2C)cc1Br. The van der Waals surface area contributed by atoms with Gasteiger partial charge in [0.25, 0.3) is 0 Å². The monoisotopic (exact) mass is 339 g/mol. The van der Waals surface area contributed by atoms with Crippen LogP contribution in [0.25, 0.3) is 0 Å². The third kappa shape index (κ3) is 3.56. The van der Waals surface area contributed by atoms with Crippen molar-refractivity contribution in [3.63, 3.8) is 0 Å². The third-order valence-corrected chi connectivity index (χ3v) is 5.06. The Morgan fingerprint density at radius 3 is 2.75 bits per heavy atom. The van der Waals surface area contributed by atoms with E-state index in [0.29, 0.717) is 6.04 Å². The lowest BCUT2D eigenvalue weighted by molar-refractivity contribution is 0.309. The second kappa shape index (κ2) is 7.46. The van der Waals surface area contributed by atoms with Crippen molar-refractivity contribution < 1.29 is 4.74 Å². The van der Waals surface area contributed by atoms with Crippen molar-refractivity contribution in [1.82, 2.24) is 5.32 Å². The van der Waals surface area contributed by atoms with E-state index in [2.05, 4.69) is 60.3 Å². The maximum absolute atomic E-state index is 5.73. The van der Waals surface area contributed by atoms with Crippen LogP contribution in [0.15, 0.2) is 22.7 Å². The predicted octanol–water partition coefficient (Wildman–Crippen LogP) is 4.93. The fraction of sp³-hybridized carbons (Fsp3) is 0.647. The molecule has 1 N–H and O–H groups in total. The zero-order chi connectivity index (χ0) is 14.5. The minimum absolute atomic E-state index is 0.448. The Labute approximate surface area is 131 Å². The molecule has 1 aromatic carbocycles. The van der Waals surface area contributed by atoms with Gasteiger partial charge in [-0.3, -0.25) is 0 Å². The van der Waals surface area contributed by atoms with E-state index in [-0.39, 0.29) is 0 Å². The Kier molecular flexibility index (Phi) is 5.91. The summed E-state index contributed by atoms with van der Waals surface area (Å²) in [6.45, 7) is 5.28. The topological polar surface area (TPSA) is 21.3 Å². The van der Waals surface area contributed by atoms with Gasteiger partial charge in [-0.1, -0.05) is 32.8 Å². The van der Waals surface area contributed by atoms with E-state index in [4.69, 9.17) is 4.74 Å². The number of halogens is 1. The van der Waals surface area contributed by atoms with E-state index < -0.39 is 0 Å². The van der Waals surface area contributed by atoms with Crippen molar-refractivity contribution in [3.05, 3.63) is 28.2 Å². The van der Waals surface area contributed by atoms with Crippen LogP contribution in [-0.2, 0) is 0 Å². The van der Waals surface area contributed by atoms with Gasteiger partial charge in [0, 0.05) is 6.04 Å². The van der Waals surface area contributed by atoms with Crippen LogP contribution in [0.5, 0.6) is 5.75 Å². The lowest BCUT2D eigenvalue weighted by Crippen LogP contribution is -2.26. The zero-order valence-electron chi connectivity index (χ0n) is 12.8. The van der Waals surface area contributed by atoms with Crippen LogP contribution in [0.2, 0.25) is 0 Å². The van der Waals surface area contributed by atoms with Crippen molar-refractivity contribution in [1.29, 1.82) is 0 Å². The maximum Gasteiger partial charge on any atom is 0.133 e. The molecule has 1 fully saturated rings. The van der Waals surface area contributed by atoms with Gasteiger partial charge >= 0.3 is 0 Å². The van der Waals surface area contributed by atoms with Crippen LogP contribution in [0.4, 0.5) is 0 Å². The summed E-state index contributed by atoms with van der Waals surface area (Å²) in [7, 11) is 2.07. The fourth-order valence-electron chi connectivity index (χ4n) is 3.34. The highest BCUT2D eigenvalue weighted by Gasteiger charge is 2.31. The Bertz CT molecular complexity index is 435. The summed E-state index contributed by atoms with van der Waals surface area (Å²) in [5.74, 6) is 2.50. The average molecular weight is 340 g/mol. The molecule has 3 atom stereocenters. The summed E-state index contributed by atoms with van der Waals surface area (Å²) in [6.07, 6.45) is 5.09. The lowest BCUT2D eigenvalue weighted by Gasteiger charge is -2.27. The molecule has 0 amide bonds. The number of hydrogen-bond acceptors (Lipinski definition) is 2. The smallest absolute Gasteiger partial charge is 0.133 e. The molecule has 0 spiro atoms. The Morgan fingerprint density at radius 1 is 1.40 bits per heavy atom. The minimum Gasteiger partial charge on any atom is -0.492 e. The fourth-order valence-corrected chi connectivity index (χ4v) is 3.85. The summed E-state index contributed by atoms with van der Waals surface area (Å²) in [6, 6.07) is 6.97. The summed E-state index contributed by atoms with van der Waals surface area (Å²) < 4.78 is 6.80.